The maximum Gasteiger partial charge on any atom is 0.392 e. The Morgan fingerprint density at radius 1 is 1.25 bits per heavy atom. The van der Waals surface area contributed by atoms with Gasteiger partial charge in [0, 0.05) is 18.1 Å². The molecule has 0 unspecified atom stereocenters. The Morgan fingerprint density at radius 3 is 2.58 bits per heavy atom. The third-order valence-electron chi connectivity index (χ3n) is 5.21. The quantitative estimate of drug-likeness (QED) is 0.817. The summed E-state index contributed by atoms with van der Waals surface area (Å²) in [4.78, 5) is 12.9. The predicted molar refractivity (Wildman–Crippen MR) is 82.3 cm³/mol. The maximum atomic E-state index is 12.9. The van der Waals surface area contributed by atoms with E-state index in [2.05, 4.69) is 0 Å². The first-order chi connectivity index (χ1) is 11.3. The van der Waals surface area contributed by atoms with E-state index >= 15 is 0 Å². The first-order valence-corrected chi connectivity index (χ1v) is 8.23. The minimum Gasteiger partial charge on any atom is -0.493 e. The zero-order valence-corrected chi connectivity index (χ0v) is 13.6. The molecule has 0 heterocycles. The number of ether oxygens (including phenoxy) is 2. The highest BCUT2D eigenvalue weighted by atomic mass is 19.4. The van der Waals surface area contributed by atoms with Crippen molar-refractivity contribution in [1.29, 1.82) is 0 Å². The largest absolute Gasteiger partial charge is 0.493 e. The van der Waals surface area contributed by atoms with Crippen LogP contribution in [0.1, 0.15) is 48.0 Å². The Labute approximate surface area is 139 Å². The van der Waals surface area contributed by atoms with Crippen molar-refractivity contribution >= 4 is 5.78 Å². The van der Waals surface area contributed by atoms with Crippen LogP contribution < -0.4 is 4.74 Å². The Kier molecular flexibility index (Phi) is 4.60. The van der Waals surface area contributed by atoms with Gasteiger partial charge in [0.1, 0.15) is 5.75 Å². The van der Waals surface area contributed by atoms with Gasteiger partial charge in [-0.05, 0) is 49.8 Å². The van der Waals surface area contributed by atoms with Crippen LogP contribution in [0.2, 0.25) is 0 Å². The lowest BCUT2D eigenvalue weighted by molar-refractivity contribution is -0.139. The normalized spacial score (nSPS) is 26.7. The molecule has 3 rings (SSSR count). The Balaban J connectivity index is 1.69. The van der Waals surface area contributed by atoms with Crippen molar-refractivity contribution in [2.45, 2.75) is 50.8 Å². The van der Waals surface area contributed by atoms with Gasteiger partial charge in [-0.1, -0.05) is 6.07 Å². The van der Waals surface area contributed by atoms with Crippen LogP contribution in [0, 0.1) is 5.41 Å². The number of benzene rings is 1. The van der Waals surface area contributed by atoms with E-state index in [0.717, 1.165) is 31.2 Å². The Morgan fingerprint density at radius 2 is 1.96 bits per heavy atom. The van der Waals surface area contributed by atoms with Gasteiger partial charge in [-0.25, -0.2) is 0 Å². The van der Waals surface area contributed by atoms with Crippen LogP contribution in [-0.4, -0.2) is 31.8 Å². The average Bonchev–Trinajstić information content (AvgIpc) is 2.80. The van der Waals surface area contributed by atoms with Crippen LogP contribution in [0.4, 0.5) is 13.2 Å². The zero-order chi connectivity index (χ0) is 17.4. The van der Waals surface area contributed by atoms with Gasteiger partial charge in [-0.2, -0.15) is 13.2 Å². The van der Waals surface area contributed by atoms with E-state index in [0.29, 0.717) is 17.7 Å². The highest BCUT2D eigenvalue weighted by Crippen LogP contribution is 2.48. The lowest BCUT2D eigenvalue weighted by atomic mass is 9.70. The first kappa shape index (κ1) is 17.3. The molecule has 0 N–H and O–H groups in total. The van der Waals surface area contributed by atoms with E-state index < -0.39 is 19.2 Å². The SMILES string of the molecule is COC1CCC2(CC1)Cc1ccc(OCCC(F)(F)F)cc1C2=O. The van der Waals surface area contributed by atoms with Gasteiger partial charge in [0.2, 0.25) is 0 Å². The molecule has 0 amide bonds. The minimum atomic E-state index is -4.24. The highest BCUT2D eigenvalue weighted by Gasteiger charge is 2.47. The first-order valence-electron chi connectivity index (χ1n) is 8.23. The summed E-state index contributed by atoms with van der Waals surface area (Å²) in [6, 6.07) is 5.07. The summed E-state index contributed by atoms with van der Waals surface area (Å²) in [6.07, 6.45) is -0.992. The molecule has 0 aromatic heterocycles. The number of Topliss-reactive ketones (excluding diaryl/α,β-unsaturated/α-hetero) is 1. The molecule has 0 bridgehead atoms. The summed E-state index contributed by atoms with van der Waals surface area (Å²) in [7, 11) is 1.69. The average molecular weight is 342 g/mol. The number of carbonyl (C=O) groups is 1. The fraction of sp³-hybridized carbons (Fsp3) is 0.611. The van der Waals surface area contributed by atoms with Gasteiger partial charge < -0.3 is 9.47 Å². The second-order valence-electron chi connectivity index (χ2n) is 6.75. The van der Waals surface area contributed by atoms with Crippen molar-refractivity contribution in [3.8, 4) is 5.75 Å². The molecule has 1 fully saturated rings. The minimum absolute atomic E-state index is 0.105. The van der Waals surface area contributed by atoms with Crippen LogP contribution in [0.5, 0.6) is 5.75 Å². The van der Waals surface area contributed by atoms with E-state index in [9.17, 15) is 18.0 Å². The molecule has 6 heteroatoms. The molecule has 1 aromatic rings. The Bertz CT molecular complexity index is 616. The van der Waals surface area contributed by atoms with Crippen LogP contribution in [0.15, 0.2) is 18.2 Å². The third kappa shape index (κ3) is 3.43. The lowest BCUT2D eigenvalue weighted by Gasteiger charge is -2.35. The number of methoxy groups -OCH3 is 1. The molecule has 132 valence electrons. The number of alkyl halides is 3. The summed E-state index contributed by atoms with van der Waals surface area (Å²) in [5.41, 5.74) is 1.22. The molecular formula is C18H21F3O3. The number of halogens is 3. The van der Waals surface area contributed by atoms with Gasteiger partial charge in [0.05, 0.1) is 19.1 Å². The van der Waals surface area contributed by atoms with Gasteiger partial charge in [0.25, 0.3) is 0 Å². The lowest BCUT2D eigenvalue weighted by Crippen LogP contribution is -2.35. The summed E-state index contributed by atoms with van der Waals surface area (Å²) in [5.74, 6) is 0.433. The summed E-state index contributed by atoms with van der Waals surface area (Å²) >= 11 is 0. The molecule has 1 aromatic carbocycles. The van der Waals surface area contributed by atoms with E-state index in [1.54, 1.807) is 19.2 Å². The van der Waals surface area contributed by atoms with Crippen molar-refractivity contribution < 1.29 is 27.4 Å². The van der Waals surface area contributed by atoms with Crippen molar-refractivity contribution in [3.05, 3.63) is 29.3 Å². The van der Waals surface area contributed by atoms with E-state index in [1.165, 1.54) is 0 Å². The fourth-order valence-electron chi connectivity index (χ4n) is 3.81. The van der Waals surface area contributed by atoms with Crippen molar-refractivity contribution in [1.82, 2.24) is 0 Å². The van der Waals surface area contributed by atoms with Gasteiger partial charge in [-0.3, -0.25) is 4.79 Å². The maximum absolute atomic E-state index is 12.9. The topological polar surface area (TPSA) is 35.5 Å². The molecule has 1 spiro atoms. The van der Waals surface area contributed by atoms with Gasteiger partial charge in [-0.15, -0.1) is 0 Å². The molecule has 24 heavy (non-hydrogen) atoms. The summed E-state index contributed by atoms with van der Waals surface area (Å²) in [5, 5.41) is 0. The third-order valence-corrected chi connectivity index (χ3v) is 5.21. The van der Waals surface area contributed by atoms with E-state index in [-0.39, 0.29) is 17.3 Å². The second-order valence-corrected chi connectivity index (χ2v) is 6.75. The predicted octanol–water partition coefficient (Wildman–Crippen LogP) is 4.33. The number of hydrogen-bond donors (Lipinski definition) is 0. The van der Waals surface area contributed by atoms with Crippen LogP contribution in [0.25, 0.3) is 0 Å². The van der Waals surface area contributed by atoms with Gasteiger partial charge >= 0.3 is 6.18 Å². The Hall–Kier alpha value is -1.56. The summed E-state index contributed by atoms with van der Waals surface area (Å²) in [6.45, 7) is -0.433. The number of ketones is 1. The number of hydrogen-bond acceptors (Lipinski definition) is 3. The van der Waals surface area contributed by atoms with Crippen LogP contribution >= 0.6 is 0 Å². The van der Waals surface area contributed by atoms with Crippen molar-refractivity contribution in [3.63, 3.8) is 0 Å². The molecule has 0 atom stereocenters. The molecule has 3 nitrogen and oxygen atoms in total. The van der Waals surface area contributed by atoms with Crippen molar-refractivity contribution in [2.24, 2.45) is 5.41 Å². The van der Waals surface area contributed by atoms with Crippen LogP contribution in [0.3, 0.4) is 0 Å². The smallest absolute Gasteiger partial charge is 0.392 e. The number of rotatable bonds is 4. The number of fused-ring (bicyclic) bond motifs is 1. The molecular weight excluding hydrogens is 321 g/mol. The molecule has 1 saturated carbocycles. The molecule has 2 aliphatic rings. The fourth-order valence-corrected chi connectivity index (χ4v) is 3.81. The highest BCUT2D eigenvalue weighted by molar-refractivity contribution is 6.05. The van der Waals surface area contributed by atoms with Crippen LogP contribution in [-0.2, 0) is 11.2 Å². The molecule has 0 saturated heterocycles. The molecule has 2 aliphatic carbocycles. The zero-order valence-electron chi connectivity index (χ0n) is 13.6. The second kappa shape index (κ2) is 6.39. The van der Waals surface area contributed by atoms with Crippen molar-refractivity contribution in [2.75, 3.05) is 13.7 Å². The standard InChI is InChI=1S/C18H21F3O3/c1-23-13-4-6-17(7-5-13)11-12-2-3-14(10-15(12)16(17)22)24-9-8-18(19,20)21/h2-3,10,13H,4-9,11H2,1H3. The monoisotopic (exact) mass is 342 g/mol. The molecule has 0 aliphatic heterocycles. The van der Waals surface area contributed by atoms with Gasteiger partial charge in [0.15, 0.2) is 5.78 Å². The summed E-state index contributed by atoms with van der Waals surface area (Å²) < 4.78 is 47.1. The number of carbonyl (C=O) groups excluding carboxylic acids is 1. The van der Waals surface area contributed by atoms with E-state index in [1.807, 2.05) is 6.07 Å². The molecule has 0 radical (unpaired) electrons. The van der Waals surface area contributed by atoms with E-state index in [4.69, 9.17) is 9.47 Å².